The maximum atomic E-state index is 9.68. The van der Waals surface area contributed by atoms with Gasteiger partial charge >= 0.3 is 0 Å². The molecule has 0 aliphatic heterocycles. The lowest BCUT2D eigenvalue weighted by atomic mass is 9.88. The van der Waals surface area contributed by atoms with Crippen LogP contribution in [0.2, 0.25) is 18.1 Å². The average molecular weight is 242 g/mol. The molecule has 0 aromatic rings. The Morgan fingerprint density at radius 1 is 1.25 bits per heavy atom. The van der Waals surface area contributed by atoms with Gasteiger partial charge in [-0.3, -0.25) is 0 Å². The summed E-state index contributed by atoms with van der Waals surface area (Å²) in [7, 11) is -1.75. The number of hydrogen-bond donors (Lipinski definition) is 1. The zero-order valence-electron chi connectivity index (χ0n) is 11.7. The first-order valence-electron chi connectivity index (χ1n) is 5.72. The van der Waals surface area contributed by atoms with Gasteiger partial charge in [0.2, 0.25) is 0 Å². The fraction of sp³-hybridized carbons (Fsp3) is 0.846. The number of aliphatic hydroxyl groups excluding tert-OH is 1. The van der Waals surface area contributed by atoms with Crippen molar-refractivity contribution in [1.82, 2.24) is 0 Å². The van der Waals surface area contributed by atoms with Gasteiger partial charge in [0.25, 0.3) is 0 Å². The van der Waals surface area contributed by atoms with Gasteiger partial charge in [0.05, 0.1) is 0 Å². The molecule has 16 heavy (non-hydrogen) atoms. The summed E-state index contributed by atoms with van der Waals surface area (Å²) in [5.74, 6) is 2.37. The second kappa shape index (κ2) is 4.91. The van der Waals surface area contributed by atoms with Crippen molar-refractivity contribution in [3.05, 3.63) is 0 Å². The first kappa shape index (κ1) is 15.7. The molecule has 0 rings (SSSR count). The number of terminal acetylenes is 1. The molecule has 0 bridgehead atoms. The lowest BCUT2D eigenvalue weighted by molar-refractivity contribution is 0.0484. The van der Waals surface area contributed by atoms with Gasteiger partial charge in [-0.25, -0.2) is 0 Å². The van der Waals surface area contributed by atoms with Crippen LogP contribution >= 0.6 is 0 Å². The van der Waals surface area contributed by atoms with Crippen LogP contribution in [0.3, 0.4) is 0 Å². The molecule has 0 spiro atoms. The van der Waals surface area contributed by atoms with Crippen LogP contribution in [-0.2, 0) is 4.43 Å². The molecule has 1 atom stereocenters. The van der Waals surface area contributed by atoms with Crippen molar-refractivity contribution >= 4 is 8.32 Å². The Kier molecular flexibility index (Phi) is 4.82. The third-order valence-corrected chi connectivity index (χ3v) is 7.99. The molecule has 0 saturated heterocycles. The number of rotatable bonds is 4. The zero-order valence-corrected chi connectivity index (χ0v) is 12.7. The SMILES string of the molecule is C#CC(O)C(C)(C)CO[Si](C)(C)C(C)(C)C. The van der Waals surface area contributed by atoms with E-state index in [2.05, 4.69) is 39.8 Å². The minimum atomic E-state index is -1.75. The smallest absolute Gasteiger partial charge is 0.192 e. The van der Waals surface area contributed by atoms with Gasteiger partial charge in [-0.2, -0.15) is 0 Å². The predicted molar refractivity (Wildman–Crippen MR) is 71.8 cm³/mol. The fourth-order valence-corrected chi connectivity index (χ4v) is 2.05. The largest absolute Gasteiger partial charge is 0.416 e. The highest BCUT2D eigenvalue weighted by Gasteiger charge is 2.39. The van der Waals surface area contributed by atoms with Gasteiger partial charge in [-0.15, -0.1) is 6.42 Å². The summed E-state index contributed by atoms with van der Waals surface area (Å²) in [4.78, 5) is 0. The number of hydrogen-bond acceptors (Lipinski definition) is 2. The molecule has 3 heteroatoms. The standard InChI is InChI=1S/C13H26O2Si/c1-9-11(14)13(5,6)10-15-16(7,8)12(2,3)4/h1,11,14H,10H2,2-8H3. The minimum absolute atomic E-state index is 0.185. The molecule has 94 valence electrons. The highest BCUT2D eigenvalue weighted by Crippen LogP contribution is 2.37. The summed E-state index contributed by atoms with van der Waals surface area (Å²) in [5, 5.41) is 9.87. The van der Waals surface area contributed by atoms with Crippen LogP contribution in [0.4, 0.5) is 0 Å². The van der Waals surface area contributed by atoms with Gasteiger partial charge in [0, 0.05) is 12.0 Å². The summed E-state index contributed by atoms with van der Waals surface area (Å²) < 4.78 is 6.06. The summed E-state index contributed by atoms with van der Waals surface area (Å²) in [6.07, 6.45) is 4.49. The van der Waals surface area contributed by atoms with E-state index in [1.807, 2.05) is 13.8 Å². The molecule has 0 radical (unpaired) electrons. The van der Waals surface area contributed by atoms with E-state index >= 15 is 0 Å². The third kappa shape index (κ3) is 3.93. The molecule has 0 saturated carbocycles. The molecule has 1 N–H and O–H groups in total. The summed E-state index contributed by atoms with van der Waals surface area (Å²) in [5.41, 5.74) is -0.385. The summed E-state index contributed by atoms with van der Waals surface area (Å²) >= 11 is 0. The summed E-state index contributed by atoms with van der Waals surface area (Å²) in [6.45, 7) is 15.4. The van der Waals surface area contributed by atoms with Crippen molar-refractivity contribution in [2.24, 2.45) is 5.41 Å². The van der Waals surface area contributed by atoms with Crippen molar-refractivity contribution < 1.29 is 9.53 Å². The molecule has 0 amide bonds. The van der Waals surface area contributed by atoms with Gasteiger partial charge in [0.15, 0.2) is 8.32 Å². The molecule has 0 aromatic heterocycles. The van der Waals surface area contributed by atoms with E-state index in [4.69, 9.17) is 10.8 Å². The number of aliphatic hydroxyl groups is 1. The van der Waals surface area contributed by atoms with Crippen LogP contribution in [0.5, 0.6) is 0 Å². The average Bonchev–Trinajstić information content (AvgIpc) is 2.12. The maximum absolute atomic E-state index is 9.68. The molecule has 0 heterocycles. The third-order valence-electron chi connectivity index (χ3n) is 3.51. The van der Waals surface area contributed by atoms with Crippen molar-refractivity contribution in [2.75, 3.05) is 6.61 Å². The van der Waals surface area contributed by atoms with Crippen LogP contribution in [0, 0.1) is 17.8 Å². The molecule has 0 aliphatic rings. The molecule has 0 fully saturated rings. The van der Waals surface area contributed by atoms with Crippen molar-refractivity contribution in [2.45, 2.75) is 58.9 Å². The van der Waals surface area contributed by atoms with Crippen LogP contribution in [0.15, 0.2) is 0 Å². The van der Waals surface area contributed by atoms with Gasteiger partial charge in [-0.1, -0.05) is 40.5 Å². The van der Waals surface area contributed by atoms with E-state index in [1.165, 1.54) is 0 Å². The first-order chi connectivity index (χ1) is 6.94. The molecular formula is C13H26O2Si. The van der Waals surface area contributed by atoms with E-state index in [0.29, 0.717) is 6.61 Å². The van der Waals surface area contributed by atoms with Crippen molar-refractivity contribution in [1.29, 1.82) is 0 Å². The Balaban J connectivity index is 4.53. The Morgan fingerprint density at radius 3 is 2.00 bits per heavy atom. The van der Waals surface area contributed by atoms with Crippen LogP contribution in [0.25, 0.3) is 0 Å². The lowest BCUT2D eigenvalue weighted by Crippen LogP contribution is -2.45. The molecule has 0 aromatic carbocycles. The Labute approximate surface area is 102 Å². The molecule has 2 nitrogen and oxygen atoms in total. The second-order valence-electron chi connectivity index (χ2n) is 6.61. The normalized spacial score (nSPS) is 15.7. The van der Waals surface area contributed by atoms with Gasteiger partial charge in [0.1, 0.15) is 6.10 Å². The molecule has 0 aliphatic carbocycles. The Bertz CT molecular complexity index is 269. The monoisotopic (exact) mass is 242 g/mol. The Hall–Kier alpha value is -0.303. The Morgan fingerprint density at radius 2 is 1.69 bits per heavy atom. The first-order valence-corrected chi connectivity index (χ1v) is 8.63. The highest BCUT2D eigenvalue weighted by atomic mass is 28.4. The van der Waals surface area contributed by atoms with Gasteiger partial charge in [-0.05, 0) is 18.1 Å². The van der Waals surface area contributed by atoms with E-state index in [-0.39, 0.29) is 10.5 Å². The van der Waals surface area contributed by atoms with E-state index in [9.17, 15) is 5.11 Å². The zero-order chi connectivity index (χ0) is 13.2. The van der Waals surface area contributed by atoms with E-state index in [1.54, 1.807) is 0 Å². The fourth-order valence-electron chi connectivity index (χ4n) is 0.887. The highest BCUT2D eigenvalue weighted by molar-refractivity contribution is 6.74. The van der Waals surface area contributed by atoms with Crippen molar-refractivity contribution in [3.63, 3.8) is 0 Å². The topological polar surface area (TPSA) is 29.5 Å². The van der Waals surface area contributed by atoms with E-state index < -0.39 is 14.4 Å². The van der Waals surface area contributed by atoms with Crippen LogP contribution in [0.1, 0.15) is 34.6 Å². The van der Waals surface area contributed by atoms with Crippen molar-refractivity contribution in [3.8, 4) is 12.3 Å². The lowest BCUT2D eigenvalue weighted by Gasteiger charge is -2.39. The second-order valence-corrected chi connectivity index (χ2v) is 11.4. The molecular weight excluding hydrogens is 216 g/mol. The van der Waals surface area contributed by atoms with Gasteiger partial charge < -0.3 is 9.53 Å². The van der Waals surface area contributed by atoms with E-state index in [0.717, 1.165) is 0 Å². The van der Waals surface area contributed by atoms with Crippen LogP contribution < -0.4 is 0 Å². The predicted octanol–water partition coefficient (Wildman–Crippen LogP) is 3.03. The molecule has 1 unspecified atom stereocenters. The van der Waals surface area contributed by atoms with Crippen LogP contribution in [-0.4, -0.2) is 26.1 Å². The summed E-state index contributed by atoms with van der Waals surface area (Å²) in [6, 6.07) is 0. The maximum Gasteiger partial charge on any atom is 0.192 e. The quantitative estimate of drug-likeness (QED) is 0.606. The minimum Gasteiger partial charge on any atom is -0.416 e.